The van der Waals surface area contributed by atoms with Crippen LogP contribution >= 0.6 is 0 Å². The molecule has 1 fully saturated rings. The summed E-state index contributed by atoms with van der Waals surface area (Å²) in [7, 11) is -3.58. The van der Waals surface area contributed by atoms with Crippen LogP contribution in [0.25, 0.3) is 0 Å². The van der Waals surface area contributed by atoms with Gasteiger partial charge in [0.05, 0.1) is 4.90 Å². The van der Waals surface area contributed by atoms with Crippen LogP contribution in [-0.2, 0) is 10.0 Å². The van der Waals surface area contributed by atoms with E-state index >= 15 is 0 Å². The molecule has 1 aromatic rings. The fourth-order valence-corrected chi connectivity index (χ4v) is 4.48. The van der Waals surface area contributed by atoms with Gasteiger partial charge in [0.15, 0.2) is 0 Å². The van der Waals surface area contributed by atoms with E-state index in [-0.39, 0.29) is 22.9 Å². The Kier molecular flexibility index (Phi) is 6.40. The summed E-state index contributed by atoms with van der Waals surface area (Å²) < 4.78 is 27.8. The average Bonchev–Trinajstić information content (AvgIpc) is 3.04. The third-order valence-electron chi connectivity index (χ3n) is 4.64. The molecule has 5 nitrogen and oxygen atoms in total. The average molecular weight is 353 g/mol. The van der Waals surface area contributed by atoms with Gasteiger partial charge in [0.1, 0.15) is 0 Å². The summed E-state index contributed by atoms with van der Waals surface area (Å²) in [5.74, 6) is 0.100. The summed E-state index contributed by atoms with van der Waals surface area (Å²) in [5, 5.41) is 2.98. The van der Waals surface area contributed by atoms with Gasteiger partial charge in [0.2, 0.25) is 10.0 Å². The van der Waals surface area contributed by atoms with Crippen molar-refractivity contribution in [3.05, 3.63) is 29.8 Å². The molecule has 0 heterocycles. The summed E-state index contributed by atoms with van der Waals surface area (Å²) in [6.45, 7) is 6.14. The molecule has 1 amide bonds. The molecule has 6 heteroatoms. The fraction of sp³-hybridized carbons (Fsp3) is 0.611. The van der Waals surface area contributed by atoms with Crippen molar-refractivity contribution in [2.75, 3.05) is 0 Å². The van der Waals surface area contributed by atoms with Gasteiger partial charge < -0.3 is 5.32 Å². The highest BCUT2D eigenvalue weighted by Gasteiger charge is 2.24. The Labute approximate surface area is 145 Å². The molecule has 1 aliphatic carbocycles. The van der Waals surface area contributed by atoms with E-state index in [1.54, 1.807) is 12.1 Å². The Bertz CT molecular complexity index is 665. The molecule has 2 N–H and O–H groups in total. The van der Waals surface area contributed by atoms with Crippen LogP contribution in [0.4, 0.5) is 0 Å². The quantitative estimate of drug-likeness (QED) is 0.792. The molecule has 1 aliphatic rings. The maximum atomic E-state index is 12.5. The second-order valence-corrected chi connectivity index (χ2v) is 8.58. The second-order valence-electron chi connectivity index (χ2n) is 6.86. The monoisotopic (exact) mass is 352 g/mol. The minimum absolute atomic E-state index is 0.0119. The van der Waals surface area contributed by atoms with E-state index < -0.39 is 10.0 Å². The number of benzene rings is 1. The van der Waals surface area contributed by atoms with Crippen LogP contribution in [0.1, 0.15) is 63.2 Å². The second kappa shape index (κ2) is 8.12. The van der Waals surface area contributed by atoms with E-state index in [0.29, 0.717) is 11.5 Å². The number of nitrogens with one attached hydrogen (secondary N) is 2. The molecule has 1 atom stereocenters. The SMILES string of the molecule is CCC(NC(=O)c1cccc(S(=O)(=O)NC2CCCC2)c1)C(C)C. The van der Waals surface area contributed by atoms with Crippen LogP contribution in [0.15, 0.2) is 29.2 Å². The molecule has 0 aliphatic heterocycles. The molecule has 134 valence electrons. The van der Waals surface area contributed by atoms with Crippen LogP contribution in [0.5, 0.6) is 0 Å². The van der Waals surface area contributed by atoms with Gasteiger partial charge in [-0.25, -0.2) is 13.1 Å². The zero-order valence-corrected chi connectivity index (χ0v) is 15.5. The molecule has 2 rings (SSSR count). The van der Waals surface area contributed by atoms with Crippen LogP contribution in [-0.4, -0.2) is 26.4 Å². The number of carbonyl (C=O) groups is 1. The Morgan fingerprint density at radius 2 is 1.92 bits per heavy atom. The van der Waals surface area contributed by atoms with Crippen LogP contribution in [0.3, 0.4) is 0 Å². The summed E-state index contributed by atoms with van der Waals surface area (Å²) >= 11 is 0. The lowest BCUT2D eigenvalue weighted by molar-refractivity contribution is 0.0924. The third kappa shape index (κ3) is 4.80. The van der Waals surface area contributed by atoms with Crippen molar-refractivity contribution in [1.29, 1.82) is 0 Å². The first-order valence-corrected chi connectivity index (χ1v) is 10.2. The Morgan fingerprint density at radius 3 is 2.50 bits per heavy atom. The highest BCUT2D eigenvalue weighted by Crippen LogP contribution is 2.21. The normalized spacial score (nSPS) is 17.2. The van der Waals surface area contributed by atoms with Gasteiger partial charge in [-0.2, -0.15) is 0 Å². The van der Waals surface area contributed by atoms with Crippen molar-refractivity contribution in [1.82, 2.24) is 10.0 Å². The van der Waals surface area contributed by atoms with E-state index in [0.717, 1.165) is 32.1 Å². The predicted molar refractivity (Wildman–Crippen MR) is 95.4 cm³/mol. The molecule has 1 saturated carbocycles. The van der Waals surface area contributed by atoms with E-state index in [9.17, 15) is 13.2 Å². The molecule has 1 aromatic carbocycles. The van der Waals surface area contributed by atoms with Gasteiger partial charge in [0.25, 0.3) is 5.91 Å². The van der Waals surface area contributed by atoms with Gasteiger partial charge in [-0.3, -0.25) is 4.79 Å². The number of amides is 1. The number of sulfonamides is 1. The van der Waals surface area contributed by atoms with E-state index in [1.807, 2.05) is 6.92 Å². The lowest BCUT2D eigenvalue weighted by atomic mass is 10.0. The summed E-state index contributed by atoms with van der Waals surface area (Å²) in [6, 6.07) is 6.35. The molecule has 0 aromatic heterocycles. The van der Waals surface area contributed by atoms with Gasteiger partial charge >= 0.3 is 0 Å². The third-order valence-corrected chi connectivity index (χ3v) is 6.16. The topological polar surface area (TPSA) is 75.3 Å². The molecule has 24 heavy (non-hydrogen) atoms. The van der Waals surface area contributed by atoms with Crippen molar-refractivity contribution in [3.8, 4) is 0 Å². The minimum atomic E-state index is -3.58. The molecular weight excluding hydrogens is 324 g/mol. The Balaban J connectivity index is 2.14. The molecule has 0 radical (unpaired) electrons. The van der Waals surface area contributed by atoms with Gasteiger partial charge in [-0.1, -0.05) is 39.7 Å². The summed E-state index contributed by atoms with van der Waals surface area (Å²) in [5.41, 5.74) is 0.378. The Hall–Kier alpha value is -1.40. The molecular formula is C18H28N2O3S. The number of carbonyl (C=O) groups excluding carboxylic acids is 1. The van der Waals surface area contributed by atoms with E-state index in [4.69, 9.17) is 0 Å². The lowest BCUT2D eigenvalue weighted by Gasteiger charge is -2.21. The maximum Gasteiger partial charge on any atom is 0.251 e. The first-order chi connectivity index (χ1) is 11.3. The predicted octanol–water partition coefficient (Wildman–Crippen LogP) is 3.07. The van der Waals surface area contributed by atoms with Crippen molar-refractivity contribution >= 4 is 15.9 Å². The first-order valence-electron chi connectivity index (χ1n) is 8.76. The van der Waals surface area contributed by atoms with Crippen molar-refractivity contribution in [2.45, 2.75) is 69.9 Å². The highest BCUT2D eigenvalue weighted by molar-refractivity contribution is 7.89. The van der Waals surface area contributed by atoms with E-state index in [1.165, 1.54) is 12.1 Å². The lowest BCUT2D eigenvalue weighted by Crippen LogP contribution is -2.38. The van der Waals surface area contributed by atoms with Crippen molar-refractivity contribution in [3.63, 3.8) is 0 Å². The zero-order chi connectivity index (χ0) is 17.7. The first kappa shape index (κ1) is 18.9. The number of hydrogen-bond donors (Lipinski definition) is 2. The largest absolute Gasteiger partial charge is 0.349 e. The van der Waals surface area contributed by atoms with Gasteiger partial charge in [-0.05, 0) is 43.4 Å². The summed E-state index contributed by atoms with van der Waals surface area (Å²) in [6.07, 6.45) is 4.72. The molecule has 1 unspecified atom stereocenters. The van der Waals surface area contributed by atoms with Gasteiger partial charge in [-0.15, -0.1) is 0 Å². The van der Waals surface area contributed by atoms with Crippen LogP contribution in [0, 0.1) is 5.92 Å². The van der Waals surface area contributed by atoms with Crippen LogP contribution < -0.4 is 10.0 Å². The summed E-state index contributed by atoms with van der Waals surface area (Å²) in [4.78, 5) is 12.6. The Morgan fingerprint density at radius 1 is 1.25 bits per heavy atom. The molecule has 0 bridgehead atoms. The maximum absolute atomic E-state index is 12.5. The fourth-order valence-electron chi connectivity index (χ4n) is 3.13. The molecule has 0 spiro atoms. The minimum Gasteiger partial charge on any atom is -0.349 e. The smallest absolute Gasteiger partial charge is 0.251 e. The van der Waals surface area contributed by atoms with Crippen molar-refractivity contribution in [2.24, 2.45) is 5.92 Å². The van der Waals surface area contributed by atoms with Crippen molar-refractivity contribution < 1.29 is 13.2 Å². The van der Waals surface area contributed by atoms with Gasteiger partial charge in [0, 0.05) is 17.6 Å². The number of rotatable bonds is 7. The van der Waals surface area contributed by atoms with E-state index in [2.05, 4.69) is 23.9 Å². The standard InChI is InChI=1S/C18H28N2O3S/c1-4-17(13(2)3)19-18(21)14-8-7-11-16(12-14)24(22,23)20-15-9-5-6-10-15/h7-8,11-13,15,17,20H,4-6,9-10H2,1-3H3,(H,19,21). The van der Waals surface area contributed by atoms with Crippen LogP contribution in [0.2, 0.25) is 0 Å². The highest BCUT2D eigenvalue weighted by atomic mass is 32.2. The molecule has 0 saturated heterocycles. The zero-order valence-electron chi connectivity index (χ0n) is 14.7. The number of hydrogen-bond acceptors (Lipinski definition) is 3.